The molecule has 0 bridgehead atoms. The lowest BCUT2D eigenvalue weighted by molar-refractivity contribution is 0.360. The van der Waals surface area contributed by atoms with Crippen LogP contribution < -0.4 is 14.5 Å². The number of aromatic nitrogens is 1. The third-order valence-electron chi connectivity index (χ3n) is 8.11. The van der Waals surface area contributed by atoms with E-state index in [1.54, 1.807) is 11.1 Å². The molecule has 2 aromatic rings. The third-order valence-corrected chi connectivity index (χ3v) is 9.66. The van der Waals surface area contributed by atoms with Crippen molar-refractivity contribution in [1.82, 2.24) is 15.2 Å². The van der Waals surface area contributed by atoms with Crippen molar-refractivity contribution >= 4 is 28.1 Å². The summed E-state index contributed by atoms with van der Waals surface area (Å²) in [7, 11) is 2.44. The van der Waals surface area contributed by atoms with Crippen LogP contribution in [0.1, 0.15) is 66.1 Å². The topological polar surface area (TPSA) is 64.8 Å². The van der Waals surface area contributed by atoms with E-state index in [-0.39, 0.29) is 0 Å². The number of nitrogens with zero attached hydrogens (tertiary/aromatic N) is 4. The molecule has 0 amide bonds. The molecule has 0 radical (unpaired) electrons. The summed E-state index contributed by atoms with van der Waals surface area (Å²) in [4.78, 5) is 10.5. The van der Waals surface area contributed by atoms with Gasteiger partial charge in [0.05, 0.1) is 5.69 Å². The normalized spacial score (nSPS) is 21.4. The highest BCUT2D eigenvalue weighted by molar-refractivity contribution is 8.29. The molecular formula is C30H45N5OS. The Morgan fingerprint density at radius 2 is 1.84 bits per heavy atom. The van der Waals surface area contributed by atoms with Gasteiger partial charge < -0.3 is 24.0 Å². The fourth-order valence-corrected chi connectivity index (χ4v) is 6.17. The zero-order valence-corrected chi connectivity index (χ0v) is 24.2. The summed E-state index contributed by atoms with van der Waals surface area (Å²) in [5, 5.41) is 3.59. The van der Waals surface area contributed by atoms with Gasteiger partial charge in [-0.15, -0.1) is 0 Å². The van der Waals surface area contributed by atoms with Gasteiger partial charge in [0.2, 0.25) is 0 Å². The van der Waals surface area contributed by atoms with Gasteiger partial charge >= 0.3 is 0 Å². The molecule has 0 spiro atoms. The molecule has 1 aliphatic carbocycles. The number of likely N-dealkylation sites (N-methyl/N-ethyl adjacent to an activating group) is 1. The minimum atomic E-state index is -1.76. The fourth-order valence-electron chi connectivity index (χ4n) is 5.54. The molecule has 3 heterocycles. The lowest BCUT2D eigenvalue weighted by Crippen LogP contribution is -2.31. The van der Waals surface area contributed by atoms with Crippen molar-refractivity contribution in [3.63, 3.8) is 0 Å². The van der Waals surface area contributed by atoms with E-state index in [1.165, 1.54) is 42.8 Å². The Balaban J connectivity index is 1.44. The molecule has 1 aromatic heterocycles. The Labute approximate surface area is 225 Å². The number of benzene rings is 1. The standard InChI is InChI=1S/C30H45N5OS/c1-6-25-28(23-13-14-23)30(35-18-8-17-33(2)19-20-35)32-26(29(25)27-21-31-27)10-7-9-22-11-15-24(16-12-22)34(3)37(4,5)36/h7,10-12,15-16,23,27,31,36H,6,8-9,13-14,17-21H2,1-5H3/b10-7+. The molecule has 6 nitrogen and oxygen atoms in total. The first kappa shape index (κ1) is 26.5. The van der Waals surface area contributed by atoms with E-state index in [1.807, 2.05) is 23.9 Å². The van der Waals surface area contributed by atoms with Crippen molar-refractivity contribution in [1.29, 1.82) is 0 Å². The van der Waals surface area contributed by atoms with Gasteiger partial charge in [-0.2, -0.15) is 0 Å². The van der Waals surface area contributed by atoms with E-state index in [0.717, 1.165) is 50.4 Å². The monoisotopic (exact) mass is 523 g/mol. The molecule has 5 rings (SSSR count). The summed E-state index contributed by atoms with van der Waals surface area (Å²) in [6, 6.07) is 9.01. The molecule has 1 unspecified atom stereocenters. The van der Waals surface area contributed by atoms with Crippen LogP contribution in [0.15, 0.2) is 30.3 Å². The van der Waals surface area contributed by atoms with E-state index in [2.05, 4.69) is 65.5 Å². The molecule has 2 saturated heterocycles. The molecule has 1 saturated carbocycles. The summed E-state index contributed by atoms with van der Waals surface area (Å²) >= 11 is 0. The highest BCUT2D eigenvalue weighted by Crippen LogP contribution is 2.48. The number of hydrogen-bond donors (Lipinski definition) is 2. The van der Waals surface area contributed by atoms with Gasteiger partial charge in [-0.1, -0.05) is 35.6 Å². The molecule has 37 heavy (non-hydrogen) atoms. The first-order valence-corrected chi connectivity index (χ1v) is 16.3. The average molecular weight is 524 g/mol. The Bertz CT molecular complexity index is 1120. The predicted molar refractivity (Wildman–Crippen MR) is 160 cm³/mol. The lowest BCUT2D eigenvalue weighted by atomic mass is 9.92. The summed E-state index contributed by atoms with van der Waals surface area (Å²) < 4.78 is 12.4. The summed E-state index contributed by atoms with van der Waals surface area (Å²) in [6.07, 6.45) is 14.1. The van der Waals surface area contributed by atoms with E-state index in [4.69, 9.17) is 4.98 Å². The molecule has 3 fully saturated rings. The highest BCUT2D eigenvalue weighted by atomic mass is 32.3. The SMILES string of the molecule is CCc1c(C2CC2)c(N2CCCN(C)CC2)nc(/C=C/Cc2ccc(N(C)S(C)(C)O)cc2)c1C1CN1. The summed E-state index contributed by atoms with van der Waals surface area (Å²) in [6.45, 7) is 7.81. The Hall–Kier alpha value is -2.06. The van der Waals surface area contributed by atoms with Crippen LogP contribution in [0.4, 0.5) is 11.5 Å². The van der Waals surface area contributed by atoms with Gasteiger partial charge in [0.1, 0.15) is 5.82 Å². The number of nitrogens with one attached hydrogen (secondary N) is 1. The second kappa shape index (κ2) is 11.0. The second-order valence-corrected chi connectivity index (χ2v) is 14.3. The van der Waals surface area contributed by atoms with E-state index >= 15 is 0 Å². The Morgan fingerprint density at radius 3 is 2.46 bits per heavy atom. The van der Waals surface area contributed by atoms with Gasteiger partial charge in [-0.3, -0.25) is 0 Å². The van der Waals surface area contributed by atoms with Crippen LogP contribution in [-0.4, -0.2) is 73.8 Å². The van der Waals surface area contributed by atoms with Gasteiger partial charge in [0, 0.05) is 63.0 Å². The van der Waals surface area contributed by atoms with Crippen LogP contribution in [-0.2, 0) is 12.8 Å². The van der Waals surface area contributed by atoms with Crippen LogP contribution in [0.25, 0.3) is 6.08 Å². The fraction of sp³-hybridized carbons (Fsp3) is 0.567. The number of allylic oxidation sites excluding steroid dienone is 1. The maximum atomic E-state index is 10.4. The molecule has 1 aromatic carbocycles. The molecule has 202 valence electrons. The van der Waals surface area contributed by atoms with Crippen molar-refractivity contribution in [2.75, 3.05) is 68.5 Å². The second-order valence-electron chi connectivity index (χ2n) is 11.3. The first-order chi connectivity index (χ1) is 17.8. The Kier molecular flexibility index (Phi) is 7.87. The minimum Gasteiger partial charge on any atom is -0.355 e. The van der Waals surface area contributed by atoms with Crippen LogP contribution >= 0.6 is 10.5 Å². The maximum absolute atomic E-state index is 10.4. The zero-order chi connectivity index (χ0) is 26.2. The van der Waals surface area contributed by atoms with Crippen LogP contribution in [0.2, 0.25) is 0 Å². The highest BCUT2D eigenvalue weighted by Gasteiger charge is 2.37. The van der Waals surface area contributed by atoms with Crippen molar-refractivity contribution in [2.45, 2.75) is 51.0 Å². The van der Waals surface area contributed by atoms with E-state index < -0.39 is 10.5 Å². The molecule has 3 aliphatic rings. The van der Waals surface area contributed by atoms with Crippen LogP contribution in [0.3, 0.4) is 0 Å². The first-order valence-electron chi connectivity index (χ1n) is 13.9. The number of rotatable bonds is 9. The van der Waals surface area contributed by atoms with Crippen molar-refractivity contribution in [3.8, 4) is 0 Å². The summed E-state index contributed by atoms with van der Waals surface area (Å²) in [5.74, 6) is 1.96. The van der Waals surface area contributed by atoms with Gasteiger partial charge in [-0.25, -0.2) is 4.98 Å². The quantitative estimate of drug-likeness (QED) is 0.426. The number of pyridine rings is 1. The maximum Gasteiger partial charge on any atom is 0.133 e. The lowest BCUT2D eigenvalue weighted by Gasteiger charge is -2.36. The van der Waals surface area contributed by atoms with Crippen molar-refractivity contribution < 1.29 is 4.55 Å². The summed E-state index contributed by atoms with van der Waals surface area (Å²) in [5.41, 5.74) is 8.04. The third kappa shape index (κ3) is 6.17. The van der Waals surface area contributed by atoms with E-state index in [9.17, 15) is 4.55 Å². The minimum absolute atomic E-state index is 0.447. The zero-order valence-electron chi connectivity index (χ0n) is 23.3. The largest absolute Gasteiger partial charge is 0.355 e. The van der Waals surface area contributed by atoms with Gasteiger partial charge in [0.25, 0.3) is 0 Å². The Morgan fingerprint density at radius 1 is 1.11 bits per heavy atom. The number of anilines is 2. The van der Waals surface area contributed by atoms with Gasteiger partial charge in [0.15, 0.2) is 0 Å². The van der Waals surface area contributed by atoms with Crippen LogP contribution in [0, 0.1) is 0 Å². The molecule has 2 aliphatic heterocycles. The van der Waals surface area contributed by atoms with Crippen molar-refractivity contribution in [3.05, 3.63) is 58.3 Å². The average Bonchev–Trinajstić information content (AvgIpc) is 3.77. The molecule has 2 N–H and O–H groups in total. The van der Waals surface area contributed by atoms with E-state index in [0.29, 0.717) is 12.0 Å². The predicted octanol–water partition coefficient (Wildman–Crippen LogP) is 5.45. The smallest absolute Gasteiger partial charge is 0.133 e. The molecular weight excluding hydrogens is 478 g/mol. The number of hydrogen-bond acceptors (Lipinski definition) is 6. The van der Waals surface area contributed by atoms with Gasteiger partial charge in [-0.05, 0) is 86.5 Å². The molecule has 7 heteroatoms. The van der Waals surface area contributed by atoms with Crippen LogP contribution in [0.5, 0.6) is 0 Å². The molecule has 1 atom stereocenters. The van der Waals surface area contributed by atoms with Crippen molar-refractivity contribution in [2.24, 2.45) is 0 Å².